The molecule has 0 saturated heterocycles. The van der Waals surface area contributed by atoms with E-state index in [1.807, 2.05) is 18.2 Å². The van der Waals surface area contributed by atoms with E-state index in [4.69, 9.17) is 0 Å². The molecular formula is C25H15BrN8O6S. The van der Waals surface area contributed by atoms with E-state index in [2.05, 4.69) is 41.7 Å². The molecule has 2 heterocycles. The van der Waals surface area contributed by atoms with E-state index in [0.29, 0.717) is 11.8 Å². The van der Waals surface area contributed by atoms with Crippen molar-refractivity contribution in [2.24, 2.45) is 5.10 Å². The van der Waals surface area contributed by atoms with Crippen molar-refractivity contribution < 1.29 is 19.4 Å². The maximum atomic E-state index is 13.4. The molecule has 0 bridgehead atoms. The summed E-state index contributed by atoms with van der Waals surface area (Å²) in [6, 6.07) is 14.6. The summed E-state index contributed by atoms with van der Waals surface area (Å²) < 4.78 is 0.850. The van der Waals surface area contributed by atoms with E-state index in [9.17, 15) is 35.1 Å². The van der Waals surface area contributed by atoms with Crippen LogP contribution < -0.4 is 10.7 Å². The summed E-state index contributed by atoms with van der Waals surface area (Å²) in [5, 5.41) is 40.7. The highest BCUT2D eigenvalue weighted by molar-refractivity contribution is 9.10. The van der Waals surface area contributed by atoms with E-state index in [1.165, 1.54) is 24.5 Å². The monoisotopic (exact) mass is 634 g/mol. The molecular weight excluding hydrogens is 620 g/mol. The molecule has 14 nitrogen and oxygen atoms in total. The zero-order valence-corrected chi connectivity index (χ0v) is 22.8. The number of rotatable bonds is 9. The lowest BCUT2D eigenvalue weighted by molar-refractivity contribution is -0.393. The highest BCUT2D eigenvalue weighted by atomic mass is 79.9. The van der Waals surface area contributed by atoms with Crippen molar-refractivity contribution in [3.63, 3.8) is 0 Å². The first kappa shape index (κ1) is 28.6. The lowest BCUT2D eigenvalue weighted by atomic mass is 10.0. The number of non-ortho nitro benzene ring substituents is 1. The highest BCUT2D eigenvalue weighted by Gasteiger charge is 2.30. The Morgan fingerprint density at radius 2 is 1.76 bits per heavy atom. The first-order chi connectivity index (χ1) is 19.7. The Hall–Kier alpha value is -5.40. The summed E-state index contributed by atoms with van der Waals surface area (Å²) in [5.74, 6) is -3.20. The molecule has 1 unspecified atom stereocenters. The standard InChI is InChI=1S/C25H15BrN8O6S/c26-16-3-1-14(2-4-16)20-13-41-25(30-20)18(12-27)22(31-32-23(35)15-7-9-28-10-8-15)24(36)29-19-6-5-17(33(37)38)11-21(19)34(39)40/h1-11,13,18H,(H,29,36)(H,32,35)/b31-22-. The first-order valence-electron chi connectivity index (χ1n) is 11.3. The number of carbonyl (C=O) groups is 2. The number of pyridine rings is 1. The minimum atomic E-state index is -1.40. The molecule has 2 N–H and O–H groups in total. The number of hydrogen-bond donors (Lipinski definition) is 2. The molecule has 41 heavy (non-hydrogen) atoms. The van der Waals surface area contributed by atoms with Crippen LogP contribution in [-0.4, -0.2) is 37.3 Å². The van der Waals surface area contributed by atoms with Gasteiger partial charge in [-0.1, -0.05) is 28.1 Å². The average Bonchev–Trinajstić information content (AvgIpc) is 3.45. The van der Waals surface area contributed by atoms with Crippen molar-refractivity contribution >= 4 is 61.9 Å². The van der Waals surface area contributed by atoms with Gasteiger partial charge in [-0.15, -0.1) is 11.3 Å². The summed E-state index contributed by atoms with van der Waals surface area (Å²) in [5.41, 5.74) is 1.40. The number of hydrogen-bond acceptors (Lipinski definition) is 11. The largest absolute Gasteiger partial charge is 0.315 e. The smallest absolute Gasteiger partial charge is 0.299 e. The summed E-state index contributed by atoms with van der Waals surface area (Å²) in [6.45, 7) is 0. The van der Waals surface area contributed by atoms with Gasteiger partial charge in [0.05, 0.1) is 27.7 Å². The van der Waals surface area contributed by atoms with Crippen LogP contribution in [0.5, 0.6) is 0 Å². The highest BCUT2D eigenvalue weighted by Crippen LogP contribution is 2.31. The number of nitrogens with zero attached hydrogens (tertiary/aromatic N) is 6. The quantitative estimate of drug-likeness (QED) is 0.147. The number of aromatic nitrogens is 2. The topological polar surface area (TPSA) is 206 Å². The van der Waals surface area contributed by atoms with Crippen LogP contribution in [0.25, 0.3) is 11.3 Å². The number of nitriles is 1. The molecule has 4 aromatic rings. The van der Waals surface area contributed by atoms with Gasteiger partial charge < -0.3 is 5.32 Å². The average molecular weight is 635 g/mol. The molecule has 0 spiro atoms. The third kappa shape index (κ3) is 6.79. The van der Waals surface area contributed by atoms with Gasteiger partial charge in [-0.2, -0.15) is 10.4 Å². The fraction of sp³-hybridized carbons (Fsp3) is 0.0400. The molecule has 16 heteroatoms. The van der Waals surface area contributed by atoms with Crippen LogP contribution in [0.15, 0.2) is 81.9 Å². The van der Waals surface area contributed by atoms with Gasteiger partial charge in [-0.25, -0.2) is 10.4 Å². The predicted molar refractivity (Wildman–Crippen MR) is 151 cm³/mol. The molecule has 2 aromatic carbocycles. The molecule has 0 fully saturated rings. The van der Waals surface area contributed by atoms with Crippen molar-refractivity contribution in [3.8, 4) is 17.3 Å². The van der Waals surface area contributed by atoms with Gasteiger partial charge >= 0.3 is 0 Å². The van der Waals surface area contributed by atoms with Crippen molar-refractivity contribution in [2.75, 3.05) is 5.32 Å². The first-order valence-corrected chi connectivity index (χ1v) is 13.0. The lowest BCUT2D eigenvalue weighted by Gasteiger charge is -2.12. The van der Waals surface area contributed by atoms with Crippen molar-refractivity contribution in [2.45, 2.75) is 5.92 Å². The van der Waals surface area contributed by atoms with Gasteiger partial charge in [-0.3, -0.25) is 34.8 Å². The van der Waals surface area contributed by atoms with E-state index >= 15 is 0 Å². The Kier molecular flexibility index (Phi) is 8.82. The maximum absolute atomic E-state index is 13.4. The Balaban J connectivity index is 1.71. The van der Waals surface area contributed by atoms with Gasteiger partial charge in [0, 0.05) is 39.4 Å². The molecule has 204 valence electrons. The molecule has 0 aliphatic carbocycles. The number of carbonyl (C=O) groups excluding carboxylic acids is 2. The van der Waals surface area contributed by atoms with Crippen molar-refractivity contribution in [1.29, 1.82) is 5.26 Å². The number of nitro benzene ring substituents is 2. The van der Waals surface area contributed by atoms with Crippen LogP contribution in [0, 0.1) is 31.6 Å². The number of benzene rings is 2. The van der Waals surface area contributed by atoms with E-state index in [0.717, 1.165) is 33.5 Å². The minimum Gasteiger partial charge on any atom is -0.315 e. The number of hydrazone groups is 1. The van der Waals surface area contributed by atoms with E-state index in [1.54, 1.807) is 17.5 Å². The Morgan fingerprint density at radius 3 is 2.39 bits per heavy atom. The normalized spacial score (nSPS) is 11.7. The second-order valence-electron chi connectivity index (χ2n) is 7.98. The number of halogens is 1. The van der Waals surface area contributed by atoms with Crippen molar-refractivity contribution in [3.05, 3.63) is 108 Å². The zero-order chi connectivity index (χ0) is 29.5. The summed E-state index contributed by atoms with van der Waals surface area (Å²) >= 11 is 4.42. The summed E-state index contributed by atoms with van der Waals surface area (Å²) in [6.07, 6.45) is 2.74. The SMILES string of the molecule is N#CC(/C(=N/NC(=O)c1ccncc1)C(=O)Nc1ccc([N+](=O)[O-])cc1[N+](=O)[O-])c1nc(-c2ccc(Br)cc2)cs1. The Labute approximate surface area is 242 Å². The van der Waals surface area contributed by atoms with Crippen molar-refractivity contribution in [1.82, 2.24) is 15.4 Å². The third-order valence-corrected chi connectivity index (χ3v) is 6.84. The number of nitro groups is 2. The fourth-order valence-electron chi connectivity index (χ4n) is 3.41. The Morgan fingerprint density at radius 1 is 1.05 bits per heavy atom. The van der Waals surface area contributed by atoms with Crippen LogP contribution in [0.3, 0.4) is 0 Å². The molecule has 0 aliphatic heterocycles. The van der Waals surface area contributed by atoms with Gasteiger partial charge in [0.1, 0.15) is 22.3 Å². The molecule has 1 atom stereocenters. The molecule has 0 radical (unpaired) electrons. The van der Waals surface area contributed by atoms with Crippen LogP contribution in [0.4, 0.5) is 17.1 Å². The van der Waals surface area contributed by atoms with Gasteiger partial charge in [0.2, 0.25) is 0 Å². The third-order valence-electron chi connectivity index (χ3n) is 5.40. The van der Waals surface area contributed by atoms with Crippen LogP contribution in [-0.2, 0) is 4.79 Å². The van der Waals surface area contributed by atoms with Crippen LogP contribution in [0.1, 0.15) is 21.3 Å². The van der Waals surface area contributed by atoms with Crippen LogP contribution >= 0.6 is 27.3 Å². The van der Waals surface area contributed by atoms with E-state index < -0.39 is 44.7 Å². The lowest BCUT2D eigenvalue weighted by Crippen LogP contribution is -2.32. The van der Waals surface area contributed by atoms with Gasteiger partial charge in [-0.05, 0) is 30.3 Å². The maximum Gasteiger partial charge on any atom is 0.299 e. The zero-order valence-electron chi connectivity index (χ0n) is 20.4. The number of thiazole rings is 1. The Bertz CT molecular complexity index is 1720. The number of amides is 2. The molecule has 0 aliphatic rings. The summed E-state index contributed by atoms with van der Waals surface area (Å²) in [7, 11) is 0. The molecule has 0 saturated carbocycles. The summed E-state index contributed by atoms with van der Waals surface area (Å²) in [4.78, 5) is 55.2. The molecule has 2 aromatic heterocycles. The molecule has 2 amide bonds. The fourth-order valence-corrected chi connectivity index (χ4v) is 4.55. The number of anilines is 1. The van der Waals surface area contributed by atoms with Crippen LogP contribution in [0.2, 0.25) is 0 Å². The van der Waals surface area contributed by atoms with Gasteiger partial charge in [0.25, 0.3) is 23.2 Å². The molecule has 4 rings (SSSR count). The number of nitrogens with one attached hydrogen (secondary N) is 2. The van der Waals surface area contributed by atoms with E-state index in [-0.39, 0.29) is 16.3 Å². The minimum absolute atomic E-state index is 0.162. The second-order valence-corrected chi connectivity index (χ2v) is 9.79. The van der Waals surface area contributed by atoms with Gasteiger partial charge in [0.15, 0.2) is 0 Å². The predicted octanol–water partition coefficient (Wildman–Crippen LogP) is 4.82. The second kappa shape index (κ2) is 12.6.